The van der Waals surface area contributed by atoms with Crippen LogP contribution in [0.3, 0.4) is 0 Å². The first-order valence-corrected chi connectivity index (χ1v) is 9.43. The minimum atomic E-state index is -2.35. The van der Waals surface area contributed by atoms with Crippen molar-refractivity contribution in [2.45, 2.75) is 50.8 Å². The van der Waals surface area contributed by atoms with Crippen LogP contribution in [0.5, 0.6) is 0 Å². The molecule has 0 aliphatic carbocycles. The third-order valence-corrected chi connectivity index (χ3v) is 9.37. The third kappa shape index (κ3) is 2.90. The fourth-order valence-electron chi connectivity index (χ4n) is 3.83. The summed E-state index contributed by atoms with van der Waals surface area (Å²) in [7, 11) is 3.04. The summed E-state index contributed by atoms with van der Waals surface area (Å²) < 4.78 is 18.0. The Bertz CT molecular complexity index is 273. The molecule has 4 nitrogen and oxygen atoms in total. The maximum Gasteiger partial charge on any atom is 0.371 e. The van der Waals surface area contributed by atoms with E-state index in [-0.39, 0.29) is 5.22 Å². The molecule has 0 aromatic rings. The van der Waals surface area contributed by atoms with E-state index in [1.165, 1.54) is 12.8 Å². The van der Waals surface area contributed by atoms with Crippen molar-refractivity contribution in [1.82, 2.24) is 0 Å². The summed E-state index contributed by atoms with van der Waals surface area (Å²) in [6.45, 7) is 5.10. The fourth-order valence-corrected chi connectivity index (χ4v) is 8.13. The van der Waals surface area contributed by atoms with E-state index in [1.54, 1.807) is 14.2 Å². The molecule has 1 rings (SSSR count). The van der Waals surface area contributed by atoms with Crippen LogP contribution >= 0.6 is 0 Å². The van der Waals surface area contributed by atoms with Crippen molar-refractivity contribution >= 4 is 8.56 Å². The zero-order chi connectivity index (χ0) is 14.5. The van der Waals surface area contributed by atoms with Gasteiger partial charge in [0.05, 0.1) is 0 Å². The van der Waals surface area contributed by atoms with Crippen molar-refractivity contribution < 1.29 is 13.6 Å². The summed E-state index contributed by atoms with van der Waals surface area (Å²) in [5, 5.41) is -0.262. The van der Waals surface area contributed by atoms with Gasteiger partial charge in [-0.05, 0) is 37.3 Å². The minimum absolute atomic E-state index is 0.262. The van der Waals surface area contributed by atoms with E-state index in [4.69, 9.17) is 19.3 Å². The van der Waals surface area contributed by atoms with Gasteiger partial charge in [0.15, 0.2) is 0 Å². The predicted octanol–water partition coefficient (Wildman–Crippen LogP) is 2.45. The Labute approximate surface area is 119 Å². The highest BCUT2D eigenvalue weighted by atomic mass is 28.4. The monoisotopic (exact) mass is 289 g/mol. The number of methoxy groups -OCH3 is 1. The predicted molar refractivity (Wildman–Crippen MR) is 80.2 cm³/mol. The molecule has 19 heavy (non-hydrogen) atoms. The fraction of sp³-hybridized carbons (Fsp3) is 1.00. The normalized spacial score (nSPS) is 32.2. The average Bonchev–Trinajstić information content (AvgIpc) is 2.46. The first-order valence-electron chi connectivity index (χ1n) is 7.41. The highest BCUT2D eigenvalue weighted by Crippen LogP contribution is 2.48. The molecule has 3 atom stereocenters. The molecule has 3 unspecified atom stereocenters. The summed E-state index contributed by atoms with van der Waals surface area (Å²) in [6.07, 6.45) is 4.41. The smallest absolute Gasteiger partial charge is 0.371 e. The van der Waals surface area contributed by atoms with Crippen LogP contribution in [0.4, 0.5) is 0 Å². The van der Waals surface area contributed by atoms with E-state index in [2.05, 4.69) is 13.8 Å². The van der Waals surface area contributed by atoms with Crippen molar-refractivity contribution in [3.05, 3.63) is 0 Å². The van der Waals surface area contributed by atoms with E-state index in [0.717, 1.165) is 18.9 Å². The number of nitrogens with two attached hydrogens (primary N) is 1. The number of hydrogen-bond donors (Lipinski definition) is 1. The second-order valence-electron chi connectivity index (χ2n) is 5.80. The van der Waals surface area contributed by atoms with Gasteiger partial charge >= 0.3 is 8.56 Å². The second-order valence-corrected chi connectivity index (χ2v) is 9.47. The molecule has 5 heteroatoms. The Morgan fingerprint density at radius 3 is 2.37 bits per heavy atom. The lowest BCUT2D eigenvalue weighted by atomic mass is 9.87. The van der Waals surface area contributed by atoms with Gasteiger partial charge < -0.3 is 19.3 Å². The van der Waals surface area contributed by atoms with Crippen molar-refractivity contribution in [2.24, 2.45) is 17.6 Å². The number of hydrogen-bond acceptors (Lipinski definition) is 4. The van der Waals surface area contributed by atoms with E-state index < -0.39 is 8.56 Å². The minimum Gasteiger partial charge on any atom is -0.396 e. The van der Waals surface area contributed by atoms with Crippen molar-refractivity contribution in [3.63, 3.8) is 0 Å². The molecule has 1 aliphatic rings. The van der Waals surface area contributed by atoms with E-state index in [9.17, 15) is 0 Å². The molecular formula is C14H31NO3Si. The molecule has 0 bridgehead atoms. The molecule has 0 aromatic carbocycles. The van der Waals surface area contributed by atoms with Gasteiger partial charge in [-0.25, -0.2) is 0 Å². The van der Waals surface area contributed by atoms with Gasteiger partial charge in [-0.15, -0.1) is 0 Å². The maximum absolute atomic E-state index is 6.11. The number of rotatable bonds is 7. The maximum atomic E-state index is 6.11. The molecule has 0 radical (unpaired) electrons. The second kappa shape index (κ2) is 7.18. The lowest BCUT2D eigenvalue weighted by molar-refractivity contribution is -0.0619. The standard InChI is InChI=1S/C14H31NO3Si/c1-6-13-8-7-9-19(17-4,18-5)14(13,16-3)10-12(2)11-15/h12-13H,6-11,15H2,1-5H3. The molecular weight excluding hydrogens is 258 g/mol. The van der Waals surface area contributed by atoms with Gasteiger partial charge in [0.25, 0.3) is 0 Å². The summed E-state index contributed by atoms with van der Waals surface area (Å²) in [5.41, 5.74) is 5.84. The molecule has 2 N–H and O–H groups in total. The van der Waals surface area contributed by atoms with E-state index in [1.807, 2.05) is 7.11 Å². The van der Waals surface area contributed by atoms with Crippen LogP contribution in [0.1, 0.15) is 39.5 Å². The third-order valence-electron chi connectivity index (χ3n) is 4.93. The SMILES string of the molecule is CCC1CCC[Si](OC)(OC)C1(CC(C)CN)OC. The Kier molecular flexibility index (Phi) is 6.46. The van der Waals surface area contributed by atoms with E-state index in [0.29, 0.717) is 18.4 Å². The Balaban J connectivity index is 3.18. The Hall–Kier alpha value is 0.0569. The van der Waals surface area contributed by atoms with Crippen LogP contribution in [0.25, 0.3) is 0 Å². The first kappa shape index (κ1) is 17.1. The van der Waals surface area contributed by atoms with Crippen LogP contribution < -0.4 is 5.73 Å². The zero-order valence-electron chi connectivity index (χ0n) is 13.2. The number of ether oxygens (including phenoxy) is 1. The van der Waals surface area contributed by atoms with Gasteiger partial charge in [-0.2, -0.15) is 0 Å². The highest BCUT2D eigenvalue weighted by Gasteiger charge is 2.62. The molecule has 1 saturated heterocycles. The highest BCUT2D eigenvalue weighted by molar-refractivity contribution is 6.70. The lowest BCUT2D eigenvalue weighted by Crippen LogP contribution is -2.69. The zero-order valence-corrected chi connectivity index (χ0v) is 14.2. The molecule has 0 spiro atoms. The van der Waals surface area contributed by atoms with Crippen LogP contribution in [-0.2, 0) is 13.6 Å². The van der Waals surface area contributed by atoms with Crippen LogP contribution in [0, 0.1) is 11.8 Å². The molecule has 1 fully saturated rings. The first-order chi connectivity index (χ1) is 9.05. The van der Waals surface area contributed by atoms with Gasteiger partial charge in [0.2, 0.25) is 0 Å². The molecule has 1 heterocycles. The van der Waals surface area contributed by atoms with E-state index >= 15 is 0 Å². The topological polar surface area (TPSA) is 53.7 Å². The molecule has 0 saturated carbocycles. The molecule has 1 aliphatic heterocycles. The summed E-state index contributed by atoms with van der Waals surface area (Å²) in [5.74, 6) is 0.927. The van der Waals surface area contributed by atoms with Gasteiger partial charge in [-0.1, -0.05) is 26.7 Å². The summed E-state index contributed by atoms with van der Waals surface area (Å²) in [4.78, 5) is 0. The van der Waals surface area contributed by atoms with Gasteiger partial charge in [-0.3, -0.25) is 0 Å². The largest absolute Gasteiger partial charge is 0.396 e. The van der Waals surface area contributed by atoms with Crippen LogP contribution in [-0.4, -0.2) is 41.7 Å². The van der Waals surface area contributed by atoms with Crippen molar-refractivity contribution in [1.29, 1.82) is 0 Å². The Morgan fingerprint density at radius 1 is 1.32 bits per heavy atom. The summed E-state index contributed by atoms with van der Waals surface area (Å²) in [6, 6.07) is 1.02. The average molecular weight is 289 g/mol. The molecule has 0 amide bonds. The van der Waals surface area contributed by atoms with Gasteiger partial charge in [0.1, 0.15) is 5.22 Å². The molecule has 114 valence electrons. The quantitative estimate of drug-likeness (QED) is 0.732. The van der Waals surface area contributed by atoms with Crippen LogP contribution in [0.2, 0.25) is 6.04 Å². The van der Waals surface area contributed by atoms with Gasteiger partial charge in [0, 0.05) is 21.3 Å². The Morgan fingerprint density at radius 2 is 1.95 bits per heavy atom. The molecule has 0 aromatic heterocycles. The summed E-state index contributed by atoms with van der Waals surface area (Å²) >= 11 is 0. The van der Waals surface area contributed by atoms with Crippen LogP contribution in [0.15, 0.2) is 0 Å². The lowest BCUT2D eigenvalue weighted by Gasteiger charge is -2.53. The van der Waals surface area contributed by atoms with Crippen molar-refractivity contribution in [3.8, 4) is 0 Å². The van der Waals surface area contributed by atoms with Crippen molar-refractivity contribution in [2.75, 3.05) is 27.9 Å².